The van der Waals surface area contributed by atoms with Crippen molar-refractivity contribution in [2.45, 2.75) is 6.42 Å². The van der Waals surface area contributed by atoms with Gasteiger partial charge in [0.05, 0.1) is 36.2 Å². The van der Waals surface area contributed by atoms with Crippen LogP contribution in [0.2, 0.25) is 0 Å². The molecule has 0 atom stereocenters. The molecule has 19 nitrogen and oxygen atoms in total. The average Bonchev–Trinajstić information content (AvgIpc) is 3.82. The van der Waals surface area contributed by atoms with Gasteiger partial charge in [0.1, 0.15) is 12.1 Å². The quantitative estimate of drug-likeness (QED) is 0.144. The molecule has 0 radical (unpaired) electrons. The minimum atomic E-state index is -1.52. The molecule has 252 valence electrons. The predicted molar refractivity (Wildman–Crippen MR) is 166 cm³/mol. The van der Waals surface area contributed by atoms with Gasteiger partial charge in [0.25, 0.3) is 11.8 Å². The minimum absolute atomic E-state index is 0.00302. The van der Waals surface area contributed by atoms with Crippen LogP contribution in [0.25, 0.3) is 11.5 Å². The van der Waals surface area contributed by atoms with Crippen LogP contribution in [0.4, 0.5) is 15.8 Å². The number of anilines is 2. The van der Waals surface area contributed by atoms with Crippen molar-refractivity contribution < 1.29 is 43.3 Å². The Kier molecular flexibility index (Phi) is 8.97. The number of benzene rings is 2. The number of amides is 2. The molecule has 4 heterocycles. The lowest BCUT2D eigenvalue weighted by atomic mass is 10.0. The summed E-state index contributed by atoms with van der Waals surface area (Å²) < 4.78 is 28.5. The summed E-state index contributed by atoms with van der Waals surface area (Å²) in [6.45, 7) is -0.231. The van der Waals surface area contributed by atoms with Crippen LogP contribution in [0.1, 0.15) is 47.3 Å². The zero-order valence-electron chi connectivity index (χ0n) is 25.5. The lowest BCUT2D eigenvalue weighted by Crippen LogP contribution is -2.18. The second-order valence-corrected chi connectivity index (χ2v) is 10.1. The van der Waals surface area contributed by atoms with Gasteiger partial charge in [-0.25, -0.2) is 19.0 Å². The first-order chi connectivity index (χ1) is 24.1. The number of nitrogens with zero attached hydrogens (tertiary/aromatic N) is 9. The van der Waals surface area contributed by atoms with E-state index in [-0.39, 0.29) is 52.8 Å². The second kappa shape index (κ2) is 13.8. The molecular weight excluding hydrogens is 661 g/mol. The fourth-order valence-electron chi connectivity index (χ4n) is 4.63. The number of ether oxygens (including phenoxy) is 2. The summed E-state index contributed by atoms with van der Waals surface area (Å²) in [6.07, 6.45) is 4.69. The molecule has 0 unspecified atom stereocenters. The fraction of sp³-hybridized carbons (Fsp3) is 0.100. The fourth-order valence-corrected chi connectivity index (χ4v) is 4.63. The number of carboxylic acids is 2. The van der Waals surface area contributed by atoms with Crippen LogP contribution in [0.5, 0.6) is 11.5 Å². The highest BCUT2D eigenvalue weighted by Crippen LogP contribution is 2.30. The maximum absolute atomic E-state index is 15.0. The SMILES string of the molecule is COc1cc(C(=O)O)c(NC(=O)c2ccc(-n3ccnc3)nn2)cc1CCOc1cc(NC(=O)c2ccc3nnnn3n2)c(C(=O)O)cc1F. The van der Waals surface area contributed by atoms with E-state index in [9.17, 15) is 33.8 Å². The van der Waals surface area contributed by atoms with Crippen molar-refractivity contribution >= 4 is 40.8 Å². The monoisotopic (exact) mass is 683 g/mol. The van der Waals surface area contributed by atoms with Gasteiger partial charge in [-0.3, -0.25) is 14.2 Å². The molecule has 0 bridgehead atoms. The van der Waals surface area contributed by atoms with Crippen molar-refractivity contribution in [2.75, 3.05) is 24.4 Å². The standard InChI is InChI=1S/C30H22FN11O8/c1-49-23-12-17(30(47)48)21(33-27(43)19-2-4-25(36-35-19)41-8-7-32-14-41)10-15(23)6-9-50-24-13-22(16(29(45)46)11-18(24)31)34-28(44)20-3-5-26-37-39-40-42(26)38-20/h2-5,7-8,10-14H,6,9H2,1H3,(H,33,43)(H,34,44)(H,45,46)(H,47,48). The molecule has 0 saturated carbocycles. The normalized spacial score (nSPS) is 10.8. The van der Waals surface area contributed by atoms with Gasteiger partial charge in [-0.05, 0) is 58.5 Å². The molecule has 4 N–H and O–H groups in total. The third kappa shape index (κ3) is 6.83. The van der Waals surface area contributed by atoms with E-state index in [1.165, 1.54) is 49.8 Å². The molecule has 4 aromatic heterocycles. The van der Waals surface area contributed by atoms with Crippen molar-refractivity contribution in [3.8, 4) is 17.3 Å². The van der Waals surface area contributed by atoms with E-state index in [4.69, 9.17) is 9.47 Å². The first-order valence-electron chi connectivity index (χ1n) is 14.2. The number of hydrogen-bond acceptors (Lipinski definition) is 13. The highest BCUT2D eigenvalue weighted by Gasteiger charge is 2.22. The van der Waals surface area contributed by atoms with Gasteiger partial charge in [0, 0.05) is 24.9 Å². The number of carbonyl (C=O) groups is 4. The zero-order valence-corrected chi connectivity index (χ0v) is 25.5. The average molecular weight is 684 g/mol. The van der Waals surface area contributed by atoms with Crippen molar-refractivity contribution in [3.63, 3.8) is 0 Å². The summed E-state index contributed by atoms with van der Waals surface area (Å²) in [6, 6.07) is 9.92. The van der Waals surface area contributed by atoms with Crippen molar-refractivity contribution in [3.05, 3.63) is 101 Å². The van der Waals surface area contributed by atoms with Gasteiger partial charge in [-0.15, -0.1) is 25.0 Å². The first kappa shape index (κ1) is 32.6. The van der Waals surface area contributed by atoms with Gasteiger partial charge in [-0.1, -0.05) is 0 Å². The Morgan fingerprint density at radius 3 is 2.26 bits per heavy atom. The van der Waals surface area contributed by atoms with E-state index in [0.29, 0.717) is 17.4 Å². The van der Waals surface area contributed by atoms with Gasteiger partial charge in [0.2, 0.25) is 0 Å². The molecule has 0 aliphatic rings. The number of carboxylic acid groups (broad SMARTS) is 2. The van der Waals surface area contributed by atoms with Crippen LogP contribution in [0, 0.1) is 5.82 Å². The van der Waals surface area contributed by atoms with Crippen LogP contribution >= 0.6 is 0 Å². The smallest absolute Gasteiger partial charge is 0.337 e. The molecule has 2 amide bonds. The molecular formula is C30H22FN11O8. The molecule has 50 heavy (non-hydrogen) atoms. The molecule has 20 heteroatoms. The van der Waals surface area contributed by atoms with Gasteiger partial charge in [0.15, 0.2) is 34.4 Å². The number of aromatic carboxylic acids is 2. The largest absolute Gasteiger partial charge is 0.496 e. The molecule has 0 spiro atoms. The summed E-state index contributed by atoms with van der Waals surface area (Å²) in [5.74, 6) is -5.35. The maximum Gasteiger partial charge on any atom is 0.337 e. The summed E-state index contributed by atoms with van der Waals surface area (Å²) in [7, 11) is 1.31. The number of imidazole rings is 1. The summed E-state index contributed by atoms with van der Waals surface area (Å²) >= 11 is 0. The highest BCUT2D eigenvalue weighted by atomic mass is 19.1. The van der Waals surface area contributed by atoms with Crippen LogP contribution in [-0.2, 0) is 6.42 Å². The summed E-state index contributed by atoms with van der Waals surface area (Å²) in [4.78, 5) is 53.7. The van der Waals surface area contributed by atoms with Gasteiger partial charge < -0.3 is 30.3 Å². The number of rotatable bonds is 12. The van der Waals surface area contributed by atoms with E-state index < -0.39 is 40.9 Å². The van der Waals surface area contributed by atoms with E-state index in [2.05, 4.69) is 46.4 Å². The number of tetrazole rings is 1. The Hall–Kier alpha value is -7.38. The van der Waals surface area contributed by atoms with E-state index >= 15 is 0 Å². The Morgan fingerprint density at radius 1 is 0.860 bits per heavy atom. The summed E-state index contributed by atoms with van der Waals surface area (Å²) in [5.41, 5.74) is -0.839. The van der Waals surface area contributed by atoms with Crippen LogP contribution in [0.15, 0.2) is 67.3 Å². The number of carbonyl (C=O) groups excluding carboxylic acids is 2. The van der Waals surface area contributed by atoms with Crippen molar-refractivity contribution in [2.24, 2.45) is 0 Å². The van der Waals surface area contributed by atoms with E-state index in [0.717, 1.165) is 10.7 Å². The van der Waals surface area contributed by atoms with E-state index in [1.807, 2.05) is 0 Å². The van der Waals surface area contributed by atoms with Crippen molar-refractivity contribution in [1.82, 2.24) is 45.0 Å². The topological polar surface area (TPSA) is 251 Å². The minimum Gasteiger partial charge on any atom is -0.496 e. The van der Waals surface area contributed by atoms with E-state index in [1.54, 1.807) is 17.0 Å². The zero-order chi connectivity index (χ0) is 35.4. The van der Waals surface area contributed by atoms with Crippen LogP contribution in [-0.4, -0.2) is 92.7 Å². The molecule has 6 aromatic rings. The number of nitrogens with one attached hydrogen (secondary N) is 2. The predicted octanol–water partition coefficient (Wildman–Crippen LogP) is 2.17. The number of aromatic nitrogens is 9. The Morgan fingerprint density at radius 2 is 1.58 bits per heavy atom. The molecule has 0 aliphatic carbocycles. The molecule has 0 saturated heterocycles. The van der Waals surface area contributed by atoms with Gasteiger partial charge >= 0.3 is 11.9 Å². The number of methoxy groups -OCH3 is 1. The maximum atomic E-state index is 15.0. The highest BCUT2D eigenvalue weighted by molar-refractivity contribution is 6.08. The Balaban J connectivity index is 1.19. The Bertz CT molecular complexity index is 2260. The van der Waals surface area contributed by atoms with Crippen LogP contribution in [0.3, 0.4) is 0 Å². The first-order valence-corrected chi connectivity index (χ1v) is 14.2. The number of halogens is 1. The molecule has 2 aromatic carbocycles. The summed E-state index contributed by atoms with van der Waals surface area (Å²) in [5, 5.41) is 46.9. The van der Waals surface area contributed by atoms with Crippen molar-refractivity contribution in [1.29, 1.82) is 0 Å². The second-order valence-electron chi connectivity index (χ2n) is 10.1. The number of hydrogen-bond donors (Lipinski definition) is 4. The lowest BCUT2D eigenvalue weighted by molar-refractivity contribution is 0.0686. The van der Waals surface area contributed by atoms with Crippen LogP contribution < -0.4 is 20.1 Å². The van der Waals surface area contributed by atoms with Gasteiger partial charge in [-0.2, -0.15) is 0 Å². The molecule has 0 fully saturated rings. The Labute approximate surface area is 278 Å². The third-order valence-electron chi connectivity index (χ3n) is 7.03. The number of fused-ring (bicyclic) bond motifs is 1. The molecule has 6 rings (SSSR count). The lowest BCUT2D eigenvalue weighted by Gasteiger charge is -2.16. The molecule has 0 aliphatic heterocycles. The third-order valence-corrected chi connectivity index (χ3v) is 7.03.